The molecule has 1 fully saturated rings. The molecule has 1 aliphatic heterocycles. The van der Waals surface area contributed by atoms with Gasteiger partial charge in [-0.1, -0.05) is 0 Å². The molecule has 17 heavy (non-hydrogen) atoms. The summed E-state index contributed by atoms with van der Waals surface area (Å²) < 4.78 is 10.4. The van der Waals surface area contributed by atoms with Crippen molar-refractivity contribution in [3.05, 3.63) is 10.1 Å². The lowest BCUT2D eigenvalue weighted by molar-refractivity contribution is -0.388. The lowest BCUT2D eigenvalue weighted by Crippen LogP contribution is -2.36. The molecule has 0 bridgehead atoms. The second-order valence-corrected chi connectivity index (χ2v) is 4.34. The van der Waals surface area contributed by atoms with Crippen LogP contribution < -0.4 is 9.64 Å². The molecule has 8 heteroatoms. The summed E-state index contributed by atoms with van der Waals surface area (Å²) in [5.41, 5.74) is 0. The Morgan fingerprint density at radius 1 is 1.59 bits per heavy atom. The quantitative estimate of drug-likeness (QED) is 0.599. The van der Waals surface area contributed by atoms with Gasteiger partial charge < -0.3 is 24.5 Å². The summed E-state index contributed by atoms with van der Waals surface area (Å²) in [4.78, 5) is 16.3. The number of rotatable bonds is 4. The van der Waals surface area contributed by atoms with Crippen LogP contribution in [0.25, 0.3) is 0 Å². The van der Waals surface area contributed by atoms with Crippen LogP contribution in [0.3, 0.4) is 0 Å². The van der Waals surface area contributed by atoms with E-state index in [1.54, 1.807) is 0 Å². The van der Waals surface area contributed by atoms with Gasteiger partial charge in [-0.25, -0.2) is 0 Å². The highest BCUT2D eigenvalue weighted by Crippen LogP contribution is 2.38. The monoisotopic (exact) mass is 259 g/mol. The van der Waals surface area contributed by atoms with E-state index in [2.05, 4.69) is 4.98 Å². The standard InChI is InChI=1S/C9H13N3O4S/c1-2-16-9-10-7(12(13)14)8(17-9)11-3-5-15-6-4-11/h2-6H2,1H3. The molecule has 7 nitrogen and oxygen atoms in total. The van der Waals surface area contributed by atoms with E-state index in [9.17, 15) is 10.1 Å². The second-order valence-electron chi connectivity index (χ2n) is 3.40. The van der Waals surface area contributed by atoms with E-state index in [4.69, 9.17) is 9.47 Å². The molecule has 0 amide bonds. The Hall–Kier alpha value is -1.41. The fourth-order valence-electron chi connectivity index (χ4n) is 1.56. The number of aromatic nitrogens is 1. The molecule has 0 aromatic carbocycles. The van der Waals surface area contributed by atoms with Crippen LogP contribution in [0, 0.1) is 10.1 Å². The van der Waals surface area contributed by atoms with Gasteiger partial charge in [0.05, 0.1) is 19.8 Å². The highest BCUT2D eigenvalue weighted by Gasteiger charge is 2.29. The van der Waals surface area contributed by atoms with E-state index >= 15 is 0 Å². The number of ether oxygens (including phenoxy) is 2. The smallest absolute Gasteiger partial charge is 0.402 e. The fraction of sp³-hybridized carbons (Fsp3) is 0.667. The zero-order valence-electron chi connectivity index (χ0n) is 9.42. The summed E-state index contributed by atoms with van der Waals surface area (Å²) in [7, 11) is 0. The van der Waals surface area contributed by atoms with Crippen LogP contribution in [-0.2, 0) is 4.74 Å². The van der Waals surface area contributed by atoms with Gasteiger partial charge in [0.15, 0.2) is 5.00 Å². The van der Waals surface area contributed by atoms with Crippen molar-refractivity contribution in [1.82, 2.24) is 4.98 Å². The van der Waals surface area contributed by atoms with Crippen LogP contribution in [0.15, 0.2) is 0 Å². The first-order chi connectivity index (χ1) is 8.22. The van der Waals surface area contributed by atoms with Crippen molar-refractivity contribution in [3.63, 3.8) is 0 Å². The number of nitrogens with zero attached hydrogens (tertiary/aromatic N) is 3. The lowest BCUT2D eigenvalue weighted by Gasteiger charge is -2.26. The van der Waals surface area contributed by atoms with Crippen LogP contribution in [0.5, 0.6) is 5.19 Å². The Kier molecular flexibility index (Phi) is 3.75. The third kappa shape index (κ3) is 2.64. The molecule has 1 saturated heterocycles. The van der Waals surface area contributed by atoms with Gasteiger partial charge in [-0.2, -0.15) is 0 Å². The van der Waals surface area contributed by atoms with Gasteiger partial charge in [-0.15, -0.1) is 0 Å². The van der Waals surface area contributed by atoms with Gasteiger partial charge in [0.25, 0.3) is 0 Å². The van der Waals surface area contributed by atoms with Crippen LogP contribution in [0.4, 0.5) is 10.8 Å². The van der Waals surface area contributed by atoms with Crippen molar-refractivity contribution in [2.24, 2.45) is 0 Å². The Morgan fingerprint density at radius 2 is 2.29 bits per heavy atom. The summed E-state index contributed by atoms with van der Waals surface area (Å²) in [6, 6.07) is 0. The van der Waals surface area contributed by atoms with Gasteiger partial charge in [-0.3, -0.25) is 0 Å². The zero-order chi connectivity index (χ0) is 12.3. The highest BCUT2D eigenvalue weighted by atomic mass is 32.1. The van der Waals surface area contributed by atoms with Crippen LogP contribution >= 0.6 is 11.3 Å². The largest absolute Gasteiger partial charge is 0.452 e. The molecule has 0 N–H and O–H groups in total. The predicted octanol–water partition coefficient (Wildman–Crippen LogP) is 1.29. The maximum atomic E-state index is 10.9. The normalized spacial score (nSPS) is 15.9. The summed E-state index contributed by atoms with van der Waals surface area (Å²) >= 11 is 1.21. The van der Waals surface area contributed by atoms with E-state index in [0.717, 1.165) is 0 Å². The van der Waals surface area contributed by atoms with Crippen molar-refractivity contribution < 1.29 is 14.4 Å². The number of hydrogen-bond acceptors (Lipinski definition) is 7. The van der Waals surface area contributed by atoms with Gasteiger partial charge in [0.1, 0.15) is 0 Å². The molecule has 0 spiro atoms. The van der Waals surface area contributed by atoms with Gasteiger partial charge in [-0.05, 0) is 23.2 Å². The van der Waals surface area contributed by atoms with Crippen molar-refractivity contribution in [2.45, 2.75) is 6.92 Å². The maximum Gasteiger partial charge on any atom is 0.402 e. The molecule has 0 radical (unpaired) electrons. The van der Waals surface area contributed by atoms with E-state index in [1.807, 2.05) is 11.8 Å². The van der Waals surface area contributed by atoms with Crippen molar-refractivity contribution in [3.8, 4) is 5.19 Å². The molecule has 2 rings (SSSR count). The SMILES string of the molecule is CCOc1nc([N+](=O)[O-])c(N2CCOCC2)s1. The molecule has 2 heterocycles. The molecular formula is C9H13N3O4S. The Labute approximate surface area is 102 Å². The third-order valence-corrected chi connectivity index (χ3v) is 3.33. The molecule has 0 unspecified atom stereocenters. The van der Waals surface area contributed by atoms with Crippen molar-refractivity contribution in [2.75, 3.05) is 37.8 Å². The number of anilines is 1. The molecule has 0 saturated carbocycles. The topological polar surface area (TPSA) is 77.7 Å². The molecule has 0 aliphatic carbocycles. The molecule has 1 aliphatic rings. The van der Waals surface area contributed by atoms with Gasteiger partial charge in [0, 0.05) is 18.1 Å². The molecule has 1 aromatic heterocycles. The van der Waals surface area contributed by atoms with Gasteiger partial charge in [0.2, 0.25) is 0 Å². The van der Waals surface area contributed by atoms with E-state index in [-0.39, 0.29) is 5.82 Å². The van der Waals surface area contributed by atoms with Crippen molar-refractivity contribution >= 4 is 22.2 Å². The summed E-state index contributed by atoms with van der Waals surface area (Å²) in [5.74, 6) is -0.125. The van der Waals surface area contributed by atoms with Crippen molar-refractivity contribution in [1.29, 1.82) is 0 Å². The molecule has 1 aromatic rings. The summed E-state index contributed by atoms with van der Waals surface area (Å²) in [6.45, 7) is 4.73. The number of hydrogen-bond donors (Lipinski definition) is 0. The van der Waals surface area contributed by atoms with E-state index in [0.29, 0.717) is 43.1 Å². The first kappa shape index (κ1) is 12.1. The minimum atomic E-state index is -0.468. The minimum Gasteiger partial charge on any atom is -0.452 e. The predicted molar refractivity (Wildman–Crippen MR) is 63.0 cm³/mol. The highest BCUT2D eigenvalue weighted by molar-refractivity contribution is 7.18. The average molecular weight is 259 g/mol. The second kappa shape index (κ2) is 5.28. The first-order valence-corrected chi connectivity index (χ1v) is 6.14. The van der Waals surface area contributed by atoms with E-state index in [1.165, 1.54) is 11.3 Å². The lowest BCUT2D eigenvalue weighted by atomic mass is 10.4. The first-order valence-electron chi connectivity index (χ1n) is 5.33. The van der Waals surface area contributed by atoms with Gasteiger partial charge >= 0.3 is 11.0 Å². The minimum absolute atomic E-state index is 0.125. The molecule has 0 atom stereocenters. The average Bonchev–Trinajstić information content (AvgIpc) is 2.75. The van der Waals surface area contributed by atoms with Crippen LogP contribution in [0.2, 0.25) is 0 Å². The number of thiazole rings is 1. The Balaban J connectivity index is 2.26. The Morgan fingerprint density at radius 3 is 2.88 bits per heavy atom. The number of nitro groups is 1. The Bertz CT molecular complexity index is 403. The third-order valence-electron chi connectivity index (χ3n) is 2.31. The van der Waals surface area contributed by atoms with Crippen LogP contribution in [0.1, 0.15) is 6.92 Å². The maximum absolute atomic E-state index is 10.9. The van der Waals surface area contributed by atoms with E-state index < -0.39 is 4.92 Å². The summed E-state index contributed by atoms with van der Waals surface area (Å²) in [6.07, 6.45) is 0. The molecule has 94 valence electrons. The summed E-state index contributed by atoms with van der Waals surface area (Å²) in [5, 5.41) is 11.8. The zero-order valence-corrected chi connectivity index (χ0v) is 10.2. The van der Waals surface area contributed by atoms with Crippen LogP contribution in [-0.4, -0.2) is 42.8 Å². The fourth-order valence-corrected chi connectivity index (χ4v) is 2.56. The molecular weight excluding hydrogens is 246 g/mol. The number of morpholine rings is 1.